The predicted molar refractivity (Wildman–Crippen MR) is 105 cm³/mol. The lowest BCUT2D eigenvalue weighted by Gasteiger charge is -2.22. The van der Waals surface area contributed by atoms with Gasteiger partial charge in [-0.25, -0.2) is 13.8 Å². The summed E-state index contributed by atoms with van der Waals surface area (Å²) in [4.78, 5) is 12.7. The molecule has 0 spiro atoms. The Morgan fingerprint density at radius 3 is 2.52 bits per heavy atom. The molecular weight excluding hydrogens is 386 g/mol. The number of carbonyl (C=O) groups is 1. The number of hydrogen-bond donors (Lipinski definition) is 1. The van der Waals surface area contributed by atoms with Gasteiger partial charge in [0, 0.05) is 11.6 Å². The highest BCUT2D eigenvalue weighted by Crippen LogP contribution is 2.26. The summed E-state index contributed by atoms with van der Waals surface area (Å²) in [7, 11) is -3.73. The topological polar surface area (TPSA) is 78.8 Å². The van der Waals surface area contributed by atoms with Gasteiger partial charge in [-0.15, -0.1) is 0 Å². The van der Waals surface area contributed by atoms with Crippen LogP contribution in [0.4, 0.5) is 0 Å². The fourth-order valence-corrected chi connectivity index (χ4v) is 4.71. The standard InChI is InChI=1S/C19H20ClN3O3S/c1-14-4-10-17(11-5-14)27(25,26)23-12-2-3-18(23)19(24)22-21-13-15-6-8-16(20)9-7-15/h4-11,13,18H,2-3,12H2,1H3,(H,22,24)/b21-13+. The summed E-state index contributed by atoms with van der Waals surface area (Å²) < 4.78 is 27.0. The van der Waals surface area contributed by atoms with E-state index in [0.717, 1.165) is 11.1 Å². The number of sulfonamides is 1. The first-order chi connectivity index (χ1) is 12.9. The lowest BCUT2D eigenvalue weighted by atomic mass is 10.2. The highest BCUT2D eigenvalue weighted by atomic mass is 35.5. The summed E-state index contributed by atoms with van der Waals surface area (Å²) >= 11 is 5.82. The second-order valence-corrected chi connectivity index (χ2v) is 8.70. The van der Waals surface area contributed by atoms with E-state index in [9.17, 15) is 13.2 Å². The highest BCUT2D eigenvalue weighted by Gasteiger charge is 2.39. The normalized spacial score (nSPS) is 18.1. The van der Waals surface area contributed by atoms with Crippen molar-refractivity contribution in [1.82, 2.24) is 9.73 Å². The summed E-state index contributed by atoms with van der Waals surface area (Å²) in [5, 5.41) is 4.54. The molecule has 0 aliphatic carbocycles. The maximum atomic E-state index is 12.9. The van der Waals surface area contributed by atoms with E-state index in [1.54, 1.807) is 48.5 Å². The fourth-order valence-electron chi connectivity index (χ4n) is 2.93. The molecule has 1 fully saturated rings. The number of nitrogens with one attached hydrogen (secondary N) is 1. The van der Waals surface area contributed by atoms with Gasteiger partial charge in [-0.2, -0.15) is 9.41 Å². The fraction of sp³-hybridized carbons (Fsp3) is 0.263. The predicted octanol–water partition coefficient (Wildman–Crippen LogP) is 2.95. The molecule has 0 saturated carbocycles. The third-order valence-corrected chi connectivity index (χ3v) is 6.57. The van der Waals surface area contributed by atoms with Crippen LogP contribution in [0.2, 0.25) is 5.02 Å². The molecule has 6 nitrogen and oxygen atoms in total. The Bertz CT molecular complexity index is 941. The number of rotatable bonds is 5. The first-order valence-electron chi connectivity index (χ1n) is 8.55. The highest BCUT2D eigenvalue weighted by molar-refractivity contribution is 7.89. The summed E-state index contributed by atoms with van der Waals surface area (Å²) in [6, 6.07) is 12.8. The van der Waals surface area contributed by atoms with Crippen LogP contribution in [0.3, 0.4) is 0 Å². The second-order valence-electron chi connectivity index (χ2n) is 6.37. The third kappa shape index (κ3) is 4.55. The van der Waals surface area contributed by atoms with E-state index in [-0.39, 0.29) is 4.90 Å². The Morgan fingerprint density at radius 2 is 1.85 bits per heavy atom. The first kappa shape index (κ1) is 19.5. The Hall–Kier alpha value is -2.22. The number of hydrazone groups is 1. The van der Waals surface area contributed by atoms with E-state index in [1.807, 2.05) is 6.92 Å². The third-order valence-electron chi connectivity index (χ3n) is 4.39. The molecule has 1 amide bonds. The number of carbonyl (C=O) groups excluding carboxylic acids is 1. The number of aryl methyl sites for hydroxylation is 1. The van der Waals surface area contributed by atoms with Gasteiger partial charge in [0.25, 0.3) is 5.91 Å². The van der Waals surface area contributed by atoms with Crippen LogP contribution >= 0.6 is 11.6 Å². The molecule has 0 aromatic heterocycles. The molecule has 1 unspecified atom stereocenters. The molecule has 2 aromatic carbocycles. The van der Waals surface area contributed by atoms with Gasteiger partial charge < -0.3 is 0 Å². The minimum Gasteiger partial charge on any atom is -0.271 e. The van der Waals surface area contributed by atoms with E-state index >= 15 is 0 Å². The number of nitrogens with zero attached hydrogens (tertiary/aromatic N) is 2. The Balaban J connectivity index is 1.70. The number of hydrogen-bond acceptors (Lipinski definition) is 4. The Morgan fingerprint density at radius 1 is 1.19 bits per heavy atom. The lowest BCUT2D eigenvalue weighted by molar-refractivity contribution is -0.124. The lowest BCUT2D eigenvalue weighted by Crippen LogP contribution is -2.44. The maximum absolute atomic E-state index is 12.9. The smallest absolute Gasteiger partial charge is 0.258 e. The van der Waals surface area contributed by atoms with Gasteiger partial charge in [0.15, 0.2) is 0 Å². The van der Waals surface area contributed by atoms with Crippen molar-refractivity contribution in [2.24, 2.45) is 5.10 Å². The average Bonchev–Trinajstić information content (AvgIpc) is 3.14. The molecule has 1 aliphatic rings. The van der Waals surface area contributed by atoms with Crippen molar-refractivity contribution in [1.29, 1.82) is 0 Å². The number of benzene rings is 2. The quantitative estimate of drug-likeness (QED) is 0.613. The molecule has 27 heavy (non-hydrogen) atoms. The van der Waals surface area contributed by atoms with Crippen LogP contribution in [0.5, 0.6) is 0 Å². The largest absolute Gasteiger partial charge is 0.271 e. The number of amides is 1. The minimum atomic E-state index is -3.73. The van der Waals surface area contributed by atoms with Gasteiger partial charge >= 0.3 is 0 Å². The molecule has 2 aromatic rings. The number of halogens is 1. The first-order valence-corrected chi connectivity index (χ1v) is 10.4. The van der Waals surface area contributed by atoms with E-state index in [2.05, 4.69) is 10.5 Å². The summed E-state index contributed by atoms with van der Waals surface area (Å²) in [6.07, 6.45) is 2.58. The second kappa shape index (κ2) is 8.21. The van der Waals surface area contributed by atoms with E-state index in [0.29, 0.717) is 24.4 Å². The van der Waals surface area contributed by atoms with E-state index in [4.69, 9.17) is 11.6 Å². The zero-order chi connectivity index (χ0) is 19.4. The van der Waals surface area contributed by atoms with Crippen LogP contribution in [-0.4, -0.2) is 37.4 Å². The van der Waals surface area contributed by atoms with Gasteiger partial charge in [0.1, 0.15) is 6.04 Å². The van der Waals surface area contributed by atoms with Crippen LogP contribution in [0.1, 0.15) is 24.0 Å². The van der Waals surface area contributed by atoms with Crippen molar-refractivity contribution >= 4 is 33.7 Å². The van der Waals surface area contributed by atoms with Crippen molar-refractivity contribution in [3.8, 4) is 0 Å². The molecule has 8 heteroatoms. The van der Waals surface area contributed by atoms with Gasteiger partial charge in [-0.3, -0.25) is 4.79 Å². The zero-order valence-corrected chi connectivity index (χ0v) is 16.4. The van der Waals surface area contributed by atoms with Crippen molar-refractivity contribution in [2.45, 2.75) is 30.7 Å². The summed E-state index contributed by atoms with van der Waals surface area (Å²) in [6.45, 7) is 2.20. The van der Waals surface area contributed by atoms with Gasteiger partial charge in [-0.1, -0.05) is 41.4 Å². The molecule has 1 heterocycles. The minimum absolute atomic E-state index is 0.192. The molecule has 1 aliphatic heterocycles. The summed E-state index contributed by atoms with van der Waals surface area (Å²) in [5.74, 6) is -0.437. The molecule has 1 N–H and O–H groups in total. The Labute approximate surface area is 163 Å². The van der Waals surface area contributed by atoms with E-state index in [1.165, 1.54) is 10.5 Å². The monoisotopic (exact) mass is 405 g/mol. The van der Waals surface area contributed by atoms with Crippen LogP contribution in [0, 0.1) is 6.92 Å². The zero-order valence-electron chi connectivity index (χ0n) is 14.8. The molecule has 1 saturated heterocycles. The van der Waals surface area contributed by atoms with Crippen molar-refractivity contribution in [3.63, 3.8) is 0 Å². The van der Waals surface area contributed by atoms with Gasteiger partial charge in [0.05, 0.1) is 11.1 Å². The molecule has 142 valence electrons. The molecule has 3 rings (SSSR count). The molecule has 0 bridgehead atoms. The van der Waals surface area contributed by atoms with Gasteiger partial charge in [0.2, 0.25) is 10.0 Å². The Kier molecular flexibility index (Phi) is 5.94. The maximum Gasteiger partial charge on any atom is 0.258 e. The molecule has 0 radical (unpaired) electrons. The molecular formula is C19H20ClN3O3S. The van der Waals surface area contributed by atoms with Crippen LogP contribution in [0.15, 0.2) is 58.5 Å². The van der Waals surface area contributed by atoms with E-state index < -0.39 is 22.0 Å². The van der Waals surface area contributed by atoms with Gasteiger partial charge in [-0.05, 0) is 49.6 Å². The van der Waals surface area contributed by atoms with Crippen LogP contribution < -0.4 is 5.43 Å². The molecule has 1 atom stereocenters. The van der Waals surface area contributed by atoms with Crippen molar-refractivity contribution < 1.29 is 13.2 Å². The van der Waals surface area contributed by atoms with Crippen LogP contribution in [0.25, 0.3) is 0 Å². The van der Waals surface area contributed by atoms with Crippen molar-refractivity contribution in [3.05, 3.63) is 64.7 Å². The van der Waals surface area contributed by atoms with Crippen molar-refractivity contribution in [2.75, 3.05) is 6.54 Å². The van der Waals surface area contributed by atoms with Crippen LogP contribution in [-0.2, 0) is 14.8 Å². The summed E-state index contributed by atoms with van der Waals surface area (Å²) in [5.41, 5.74) is 4.19. The average molecular weight is 406 g/mol. The SMILES string of the molecule is Cc1ccc(S(=O)(=O)N2CCCC2C(=O)N/N=C/c2ccc(Cl)cc2)cc1.